The molecule has 110 valence electrons. The lowest BCUT2D eigenvalue weighted by Crippen LogP contribution is -2.45. The van der Waals surface area contributed by atoms with E-state index in [1.54, 1.807) is 0 Å². The van der Waals surface area contributed by atoms with Crippen LogP contribution in [0.2, 0.25) is 0 Å². The first-order valence-electron chi connectivity index (χ1n) is 7.68. The van der Waals surface area contributed by atoms with Gasteiger partial charge in [-0.1, -0.05) is 30.3 Å². The average Bonchev–Trinajstić information content (AvgIpc) is 2.56. The summed E-state index contributed by atoms with van der Waals surface area (Å²) in [6.07, 6.45) is 8.36. The van der Waals surface area contributed by atoms with E-state index in [1.165, 1.54) is 18.4 Å². The summed E-state index contributed by atoms with van der Waals surface area (Å²) < 4.78 is 0. The second-order valence-electron chi connectivity index (χ2n) is 5.63. The number of hydrogen-bond donors (Lipinski definition) is 1. The van der Waals surface area contributed by atoms with Crippen molar-refractivity contribution in [2.24, 2.45) is 5.73 Å². The van der Waals surface area contributed by atoms with E-state index in [-0.39, 0.29) is 0 Å². The highest BCUT2D eigenvalue weighted by atomic mass is 15.3. The van der Waals surface area contributed by atoms with Crippen LogP contribution in [0.25, 0.3) is 0 Å². The molecule has 21 heavy (non-hydrogen) atoms. The quantitative estimate of drug-likeness (QED) is 0.935. The minimum Gasteiger partial charge on any atom is -0.337 e. The molecule has 1 fully saturated rings. The lowest BCUT2D eigenvalue weighted by Gasteiger charge is -2.34. The van der Waals surface area contributed by atoms with Crippen LogP contribution in [0.5, 0.6) is 0 Å². The number of rotatable bonds is 4. The van der Waals surface area contributed by atoms with Crippen LogP contribution in [-0.4, -0.2) is 29.1 Å². The molecule has 4 heteroatoms. The standard InChI is InChI=1S/C17H22N4/c18-11-16-8-4-5-9-21(16)17-19-12-15(13-20-17)10-14-6-2-1-3-7-14/h1-3,6-7,12-13,16H,4-5,8-11,18H2. The van der Waals surface area contributed by atoms with Gasteiger partial charge in [-0.3, -0.25) is 0 Å². The molecule has 2 heterocycles. The van der Waals surface area contributed by atoms with Crippen LogP contribution in [0, 0.1) is 0 Å². The third-order valence-electron chi connectivity index (χ3n) is 4.10. The molecule has 0 aliphatic carbocycles. The maximum absolute atomic E-state index is 5.87. The molecule has 4 nitrogen and oxygen atoms in total. The first kappa shape index (κ1) is 14.0. The van der Waals surface area contributed by atoms with Gasteiger partial charge in [0.2, 0.25) is 5.95 Å². The smallest absolute Gasteiger partial charge is 0.225 e. The van der Waals surface area contributed by atoms with Crippen molar-refractivity contribution in [3.63, 3.8) is 0 Å². The van der Waals surface area contributed by atoms with Crippen molar-refractivity contribution >= 4 is 5.95 Å². The first-order chi connectivity index (χ1) is 10.4. The highest BCUT2D eigenvalue weighted by Gasteiger charge is 2.23. The number of hydrogen-bond acceptors (Lipinski definition) is 4. The molecular weight excluding hydrogens is 260 g/mol. The van der Waals surface area contributed by atoms with Gasteiger partial charge in [-0.2, -0.15) is 0 Å². The van der Waals surface area contributed by atoms with Gasteiger partial charge in [-0.15, -0.1) is 0 Å². The van der Waals surface area contributed by atoms with Crippen LogP contribution in [0.3, 0.4) is 0 Å². The third-order valence-corrected chi connectivity index (χ3v) is 4.10. The lowest BCUT2D eigenvalue weighted by molar-refractivity contribution is 0.458. The summed E-state index contributed by atoms with van der Waals surface area (Å²) in [6, 6.07) is 10.8. The van der Waals surface area contributed by atoms with E-state index in [0.29, 0.717) is 12.6 Å². The van der Waals surface area contributed by atoms with Gasteiger partial charge in [0.15, 0.2) is 0 Å². The van der Waals surface area contributed by atoms with Crippen molar-refractivity contribution in [3.05, 3.63) is 53.9 Å². The minimum absolute atomic E-state index is 0.388. The van der Waals surface area contributed by atoms with Gasteiger partial charge < -0.3 is 10.6 Å². The zero-order chi connectivity index (χ0) is 14.5. The Bertz CT molecular complexity index is 553. The van der Waals surface area contributed by atoms with Gasteiger partial charge in [0.05, 0.1) is 0 Å². The van der Waals surface area contributed by atoms with Crippen molar-refractivity contribution in [3.8, 4) is 0 Å². The fourth-order valence-corrected chi connectivity index (χ4v) is 2.93. The Morgan fingerprint density at radius 1 is 1.05 bits per heavy atom. The molecule has 2 aromatic rings. The molecule has 0 radical (unpaired) electrons. The highest BCUT2D eigenvalue weighted by molar-refractivity contribution is 5.34. The number of benzene rings is 1. The fraction of sp³-hybridized carbons (Fsp3) is 0.412. The van der Waals surface area contributed by atoms with E-state index in [4.69, 9.17) is 5.73 Å². The van der Waals surface area contributed by atoms with Crippen LogP contribution in [-0.2, 0) is 6.42 Å². The van der Waals surface area contributed by atoms with Crippen molar-refractivity contribution in [2.45, 2.75) is 31.7 Å². The van der Waals surface area contributed by atoms with Crippen LogP contribution in [0.15, 0.2) is 42.7 Å². The summed E-state index contributed by atoms with van der Waals surface area (Å²) in [7, 11) is 0. The molecule has 0 spiro atoms. The molecule has 1 aromatic carbocycles. The second kappa shape index (κ2) is 6.68. The monoisotopic (exact) mass is 282 g/mol. The Morgan fingerprint density at radius 2 is 1.81 bits per heavy atom. The third kappa shape index (κ3) is 3.39. The summed E-state index contributed by atoms with van der Waals surface area (Å²) in [5.41, 5.74) is 8.29. The van der Waals surface area contributed by atoms with Crippen LogP contribution >= 0.6 is 0 Å². The molecule has 2 N–H and O–H groups in total. The molecule has 0 saturated carbocycles. The summed E-state index contributed by atoms with van der Waals surface area (Å²) in [4.78, 5) is 11.4. The van der Waals surface area contributed by atoms with Crippen molar-refractivity contribution in [2.75, 3.05) is 18.0 Å². The largest absolute Gasteiger partial charge is 0.337 e. The van der Waals surface area contributed by atoms with Gasteiger partial charge in [0, 0.05) is 37.9 Å². The van der Waals surface area contributed by atoms with Crippen molar-refractivity contribution in [1.82, 2.24) is 9.97 Å². The predicted octanol–water partition coefficient (Wildman–Crippen LogP) is 2.38. The lowest BCUT2D eigenvalue weighted by atomic mass is 10.0. The van der Waals surface area contributed by atoms with Gasteiger partial charge in [0.25, 0.3) is 0 Å². The molecule has 1 atom stereocenters. The van der Waals surface area contributed by atoms with E-state index in [0.717, 1.165) is 30.9 Å². The van der Waals surface area contributed by atoms with E-state index < -0.39 is 0 Å². The normalized spacial score (nSPS) is 18.7. The van der Waals surface area contributed by atoms with Crippen LogP contribution in [0.1, 0.15) is 30.4 Å². The van der Waals surface area contributed by atoms with E-state index >= 15 is 0 Å². The van der Waals surface area contributed by atoms with Gasteiger partial charge in [-0.05, 0) is 30.4 Å². The first-order valence-corrected chi connectivity index (χ1v) is 7.68. The molecule has 1 aliphatic heterocycles. The zero-order valence-corrected chi connectivity index (χ0v) is 12.3. The molecule has 1 aliphatic rings. The number of piperidine rings is 1. The molecule has 0 amide bonds. The molecule has 1 aromatic heterocycles. The Kier molecular flexibility index (Phi) is 4.46. The highest BCUT2D eigenvalue weighted by Crippen LogP contribution is 2.21. The van der Waals surface area contributed by atoms with Crippen LogP contribution < -0.4 is 10.6 Å². The number of nitrogens with zero attached hydrogens (tertiary/aromatic N) is 3. The predicted molar refractivity (Wildman–Crippen MR) is 85.3 cm³/mol. The molecule has 1 saturated heterocycles. The summed E-state index contributed by atoms with van der Waals surface area (Å²) in [5.74, 6) is 0.821. The molecule has 0 bridgehead atoms. The Balaban J connectivity index is 1.71. The summed E-state index contributed by atoms with van der Waals surface area (Å²) >= 11 is 0. The Morgan fingerprint density at radius 3 is 2.52 bits per heavy atom. The number of nitrogens with two attached hydrogens (primary N) is 1. The SMILES string of the molecule is NCC1CCCCN1c1ncc(Cc2ccccc2)cn1. The average molecular weight is 282 g/mol. The molecule has 1 unspecified atom stereocenters. The molecular formula is C17H22N4. The number of aromatic nitrogens is 2. The van der Waals surface area contributed by atoms with E-state index in [2.05, 4.69) is 39.1 Å². The Hall–Kier alpha value is -1.94. The van der Waals surface area contributed by atoms with E-state index in [9.17, 15) is 0 Å². The minimum atomic E-state index is 0.388. The number of anilines is 1. The molecule has 3 rings (SSSR count). The second-order valence-corrected chi connectivity index (χ2v) is 5.63. The topological polar surface area (TPSA) is 55.0 Å². The van der Waals surface area contributed by atoms with Gasteiger partial charge >= 0.3 is 0 Å². The summed E-state index contributed by atoms with van der Waals surface area (Å²) in [6.45, 7) is 1.69. The van der Waals surface area contributed by atoms with Gasteiger partial charge in [-0.25, -0.2) is 9.97 Å². The van der Waals surface area contributed by atoms with Crippen molar-refractivity contribution < 1.29 is 0 Å². The van der Waals surface area contributed by atoms with E-state index in [1.807, 2.05) is 18.5 Å². The maximum Gasteiger partial charge on any atom is 0.225 e. The Labute approximate surface area is 126 Å². The van der Waals surface area contributed by atoms with Gasteiger partial charge in [0.1, 0.15) is 0 Å². The fourth-order valence-electron chi connectivity index (χ4n) is 2.93. The zero-order valence-electron chi connectivity index (χ0n) is 12.3. The summed E-state index contributed by atoms with van der Waals surface area (Å²) in [5, 5.41) is 0. The van der Waals surface area contributed by atoms with Crippen LogP contribution in [0.4, 0.5) is 5.95 Å². The maximum atomic E-state index is 5.87. The van der Waals surface area contributed by atoms with Crippen molar-refractivity contribution in [1.29, 1.82) is 0 Å².